The van der Waals surface area contributed by atoms with E-state index in [0.717, 1.165) is 24.1 Å². The van der Waals surface area contributed by atoms with Crippen LogP contribution in [0.4, 0.5) is 5.69 Å². The first kappa shape index (κ1) is 17.4. The molecule has 0 spiro atoms. The average molecular weight is 352 g/mol. The summed E-state index contributed by atoms with van der Waals surface area (Å²) in [6.07, 6.45) is 1.79. The van der Waals surface area contributed by atoms with Crippen molar-refractivity contribution in [2.45, 2.75) is 50.0 Å². The lowest BCUT2D eigenvalue weighted by molar-refractivity contribution is -0.122. The lowest BCUT2D eigenvalue weighted by atomic mass is 9.86. The summed E-state index contributed by atoms with van der Waals surface area (Å²) in [5.41, 5.74) is 0.839. The number of sulfonamides is 1. The van der Waals surface area contributed by atoms with Crippen molar-refractivity contribution in [1.82, 2.24) is 4.72 Å². The smallest absolute Gasteiger partial charge is 0.240 e. The molecule has 0 radical (unpaired) electrons. The molecular formula is C17H24N2O4S. The van der Waals surface area contributed by atoms with Crippen molar-refractivity contribution in [2.24, 2.45) is 0 Å². The highest BCUT2D eigenvalue weighted by Gasteiger charge is 2.43. The highest BCUT2D eigenvalue weighted by atomic mass is 32.2. The average Bonchev–Trinajstić information content (AvgIpc) is 3.12. The lowest BCUT2D eigenvalue weighted by Crippen LogP contribution is -2.35. The maximum atomic E-state index is 12.6. The van der Waals surface area contributed by atoms with Gasteiger partial charge in [0, 0.05) is 25.4 Å². The van der Waals surface area contributed by atoms with Crippen molar-refractivity contribution < 1.29 is 17.9 Å². The molecule has 1 fully saturated rings. The number of carbonyl (C=O) groups excluding carboxylic acids is 1. The number of ether oxygens (including phenoxy) is 1. The van der Waals surface area contributed by atoms with Gasteiger partial charge in [-0.25, -0.2) is 13.1 Å². The number of hydrogen-bond donors (Lipinski definition) is 1. The number of likely N-dealkylation sites (N-methyl/N-ethyl adjacent to an activating group) is 1. The molecule has 0 unspecified atom stereocenters. The second kappa shape index (κ2) is 6.13. The second-order valence-electron chi connectivity index (χ2n) is 6.84. The Morgan fingerprint density at radius 3 is 2.75 bits per heavy atom. The van der Waals surface area contributed by atoms with E-state index in [9.17, 15) is 13.2 Å². The molecule has 1 amide bonds. The summed E-state index contributed by atoms with van der Waals surface area (Å²) in [7, 11) is -3.62. The number of carbonyl (C=O) groups is 1. The Morgan fingerprint density at radius 1 is 1.38 bits per heavy atom. The van der Waals surface area contributed by atoms with Gasteiger partial charge in [0.1, 0.15) is 0 Å². The molecule has 6 nitrogen and oxygen atoms in total. The Kier molecular flexibility index (Phi) is 4.44. The van der Waals surface area contributed by atoms with Crippen molar-refractivity contribution in [3.63, 3.8) is 0 Å². The van der Waals surface area contributed by atoms with E-state index >= 15 is 0 Å². The fourth-order valence-electron chi connectivity index (χ4n) is 3.39. The number of nitrogens with one attached hydrogen (secondary N) is 1. The zero-order chi connectivity index (χ0) is 17.5. The predicted molar refractivity (Wildman–Crippen MR) is 91.7 cm³/mol. The van der Waals surface area contributed by atoms with E-state index in [-0.39, 0.29) is 23.5 Å². The SMILES string of the molecule is CCN1C(=O)C(C)(C)c2cc(S(=O)(=O)NC[C@H]3CCCO3)ccc21. The molecule has 2 aliphatic heterocycles. The molecule has 132 valence electrons. The van der Waals surface area contributed by atoms with Gasteiger partial charge in [-0.15, -0.1) is 0 Å². The first-order chi connectivity index (χ1) is 11.3. The monoisotopic (exact) mass is 352 g/mol. The molecule has 2 aliphatic rings. The fourth-order valence-corrected chi connectivity index (χ4v) is 4.48. The Labute approximate surface area is 143 Å². The van der Waals surface area contributed by atoms with Gasteiger partial charge in [-0.2, -0.15) is 0 Å². The normalized spacial score (nSPS) is 22.9. The van der Waals surface area contributed by atoms with Crippen LogP contribution >= 0.6 is 0 Å². The van der Waals surface area contributed by atoms with Crippen LogP contribution in [0.3, 0.4) is 0 Å². The molecular weight excluding hydrogens is 328 g/mol. The number of nitrogens with zero attached hydrogens (tertiary/aromatic N) is 1. The molecule has 2 heterocycles. The van der Waals surface area contributed by atoms with Crippen LogP contribution < -0.4 is 9.62 Å². The predicted octanol–water partition coefficient (Wildman–Crippen LogP) is 1.79. The van der Waals surface area contributed by atoms with Crippen LogP contribution in [-0.2, 0) is 25.0 Å². The Morgan fingerprint density at radius 2 is 2.12 bits per heavy atom. The molecule has 24 heavy (non-hydrogen) atoms. The van der Waals surface area contributed by atoms with Crippen LogP contribution in [0.25, 0.3) is 0 Å². The maximum Gasteiger partial charge on any atom is 0.240 e. The molecule has 1 atom stereocenters. The standard InChI is InChI=1S/C17H24N2O4S/c1-4-19-15-8-7-13(10-14(15)17(2,3)16(19)20)24(21,22)18-11-12-6-5-9-23-12/h7-8,10,12,18H,4-6,9,11H2,1-3H3/t12-/m1/s1. The van der Waals surface area contributed by atoms with E-state index in [1.54, 1.807) is 23.1 Å². The molecule has 1 aromatic carbocycles. The molecule has 0 bridgehead atoms. The highest BCUT2D eigenvalue weighted by molar-refractivity contribution is 7.89. The molecule has 7 heteroatoms. The number of fused-ring (bicyclic) bond motifs is 1. The first-order valence-electron chi connectivity index (χ1n) is 8.35. The molecule has 0 aliphatic carbocycles. The Bertz CT molecular complexity index is 752. The van der Waals surface area contributed by atoms with E-state index in [4.69, 9.17) is 4.74 Å². The highest BCUT2D eigenvalue weighted by Crippen LogP contribution is 2.42. The maximum absolute atomic E-state index is 12.6. The van der Waals surface area contributed by atoms with Crippen molar-refractivity contribution in [3.8, 4) is 0 Å². The van der Waals surface area contributed by atoms with Crippen molar-refractivity contribution >= 4 is 21.6 Å². The van der Waals surface area contributed by atoms with E-state index in [2.05, 4.69) is 4.72 Å². The summed E-state index contributed by atoms with van der Waals surface area (Å²) in [4.78, 5) is 14.4. The van der Waals surface area contributed by atoms with Gasteiger partial charge in [-0.3, -0.25) is 4.79 Å². The minimum Gasteiger partial charge on any atom is -0.377 e. The summed E-state index contributed by atoms with van der Waals surface area (Å²) in [6, 6.07) is 4.92. The van der Waals surface area contributed by atoms with Crippen molar-refractivity contribution in [3.05, 3.63) is 23.8 Å². The number of anilines is 1. The van der Waals surface area contributed by atoms with Crippen LogP contribution in [0.2, 0.25) is 0 Å². The third kappa shape index (κ3) is 2.85. The Balaban J connectivity index is 1.88. The summed E-state index contributed by atoms with van der Waals surface area (Å²) < 4.78 is 33.2. The number of amides is 1. The van der Waals surface area contributed by atoms with Crippen LogP contribution in [0.1, 0.15) is 39.2 Å². The molecule has 1 N–H and O–H groups in total. The number of rotatable bonds is 5. The molecule has 1 aromatic rings. The number of benzene rings is 1. The van der Waals surface area contributed by atoms with Crippen LogP contribution in [0, 0.1) is 0 Å². The van der Waals surface area contributed by atoms with Crippen LogP contribution in [0.15, 0.2) is 23.1 Å². The molecule has 1 saturated heterocycles. The van der Waals surface area contributed by atoms with Gasteiger partial charge in [-0.05, 0) is 57.4 Å². The Hall–Kier alpha value is -1.44. The first-order valence-corrected chi connectivity index (χ1v) is 9.83. The van der Waals surface area contributed by atoms with E-state index in [0.29, 0.717) is 13.2 Å². The van der Waals surface area contributed by atoms with E-state index in [1.165, 1.54) is 0 Å². The largest absolute Gasteiger partial charge is 0.377 e. The summed E-state index contributed by atoms with van der Waals surface area (Å²) >= 11 is 0. The minimum atomic E-state index is -3.62. The van der Waals surface area contributed by atoms with Gasteiger partial charge in [-0.1, -0.05) is 0 Å². The van der Waals surface area contributed by atoms with Crippen molar-refractivity contribution in [1.29, 1.82) is 0 Å². The lowest BCUT2D eigenvalue weighted by Gasteiger charge is -2.18. The van der Waals surface area contributed by atoms with Gasteiger partial charge in [0.15, 0.2) is 0 Å². The van der Waals surface area contributed by atoms with E-state index < -0.39 is 15.4 Å². The van der Waals surface area contributed by atoms with Gasteiger partial charge >= 0.3 is 0 Å². The number of hydrogen-bond acceptors (Lipinski definition) is 4. The van der Waals surface area contributed by atoms with Gasteiger partial charge < -0.3 is 9.64 Å². The fraction of sp³-hybridized carbons (Fsp3) is 0.588. The quantitative estimate of drug-likeness (QED) is 0.877. The van der Waals surface area contributed by atoms with Gasteiger partial charge in [0.2, 0.25) is 15.9 Å². The third-order valence-corrected chi connectivity index (χ3v) is 6.28. The van der Waals surface area contributed by atoms with Crippen LogP contribution in [-0.4, -0.2) is 40.1 Å². The molecule has 0 saturated carbocycles. The third-order valence-electron chi connectivity index (χ3n) is 4.86. The van der Waals surface area contributed by atoms with Gasteiger partial charge in [0.25, 0.3) is 0 Å². The molecule has 0 aromatic heterocycles. The summed E-state index contributed by atoms with van der Waals surface area (Å²) in [6.45, 7) is 7.12. The van der Waals surface area contributed by atoms with Crippen LogP contribution in [0.5, 0.6) is 0 Å². The zero-order valence-corrected chi connectivity index (χ0v) is 15.1. The molecule has 3 rings (SSSR count). The zero-order valence-electron chi connectivity index (χ0n) is 14.3. The summed E-state index contributed by atoms with van der Waals surface area (Å²) in [5, 5.41) is 0. The topological polar surface area (TPSA) is 75.7 Å². The minimum absolute atomic E-state index is 0.00172. The second-order valence-corrected chi connectivity index (χ2v) is 8.61. The van der Waals surface area contributed by atoms with Gasteiger partial charge in [0.05, 0.1) is 16.4 Å². The van der Waals surface area contributed by atoms with E-state index in [1.807, 2.05) is 20.8 Å². The summed E-state index contributed by atoms with van der Waals surface area (Å²) in [5.74, 6) is 0.00172. The van der Waals surface area contributed by atoms with Crippen molar-refractivity contribution in [2.75, 3.05) is 24.6 Å².